The van der Waals surface area contributed by atoms with Crippen LogP contribution in [0.2, 0.25) is 0 Å². The van der Waals surface area contributed by atoms with E-state index in [0.29, 0.717) is 6.04 Å². The van der Waals surface area contributed by atoms with Crippen LogP contribution < -0.4 is 11.1 Å². The molecule has 14 heavy (non-hydrogen) atoms. The van der Waals surface area contributed by atoms with Gasteiger partial charge in [-0.2, -0.15) is 0 Å². The number of carbonyl (C=O) groups excluding carboxylic acids is 1. The highest BCUT2D eigenvalue weighted by atomic mass is 16.1. The normalized spacial score (nSPS) is 13.6. The van der Waals surface area contributed by atoms with E-state index in [0.717, 1.165) is 19.5 Å². The highest BCUT2D eigenvalue weighted by molar-refractivity contribution is 5.79. The molecule has 0 heterocycles. The van der Waals surface area contributed by atoms with E-state index in [1.807, 2.05) is 0 Å². The lowest BCUT2D eigenvalue weighted by Crippen LogP contribution is -2.43. The average molecular weight is 201 g/mol. The summed E-state index contributed by atoms with van der Waals surface area (Å²) >= 11 is 0. The number of amides is 1. The van der Waals surface area contributed by atoms with E-state index in [2.05, 4.69) is 31.0 Å². The number of carbonyl (C=O) groups is 1. The Balaban J connectivity index is 3.94. The molecular formula is C10H23N3O. The molecule has 0 aromatic carbocycles. The highest BCUT2D eigenvalue weighted by Gasteiger charge is 2.15. The molecule has 0 saturated carbocycles. The molecule has 0 saturated heterocycles. The first kappa shape index (κ1) is 13.4. The van der Waals surface area contributed by atoms with E-state index < -0.39 is 0 Å². The fraction of sp³-hybridized carbons (Fsp3) is 0.900. The van der Waals surface area contributed by atoms with Gasteiger partial charge in [0.05, 0.1) is 6.04 Å². The third-order valence-electron chi connectivity index (χ3n) is 2.53. The van der Waals surface area contributed by atoms with Gasteiger partial charge in [-0.15, -0.1) is 0 Å². The van der Waals surface area contributed by atoms with Crippen LogP contribution in [0.1, 0.15) is 27.2 Å². The van der Waals surface area contributed by atoms with Gasteiger partial charge in [-0.25, -0.2) is 0 Å². The lowest BCUT2D eigenvalue weighted by molar-refractivity contribution is -0.120. The minimum atomic E-state index is -0.271. The summed E-state index contributed by atoms with van der Waals surface area (Å²) in [5.74, 6) is -0.271. The van der Waals surface area contributed by atoms with Crippen molar-refractivity contribution in [3.8, 4) is 0 Å². The first-order chi connectivity index (χ1) is 6.52. The molecule has 84 valence electrons. The predicted molar refractivity (Wildman–Crippen MR) is 59.0 cm³/mol. The van der Waals surface area contributed by atoms with Crippen molar-refractivity contribution >= 4 is 5.91 Å². The van der Waals surface area contributed by atoms with Gasteiger partial charge in [-0.05, 0) is 33.9 Å². The maximum absolute atomic E-state index is 10.9. The quantitative estimate of drug-likeness (QED) is 0.618. The lowest BCUT2D eigenvalue weighted by atomic mass is 10.1. The van der Waals surface area contributed by atoms with E-state index in [4.69, 9.17) is 5.73 Å². The van der Waals surface area contributed by atoms with Gasteiger partial charge in [0.1, 0.15) is 0 Å². The molecule has 0 aliphatic heterocycles. The van der Waals surface area contributed by atoms with E-state index in [1.54, 1.807) is 7.05 Å². The van der Waals surface area contributed by atoms with Gasteiger partial charge in [0, 0.05) is 12.6 Å². The third kappa shape index (κ3) is 4.58. The van der Waals surface area contributed by atoms with Crippen molar-refractivity contribution in [2.75, 3.05) is 20.1 Å². The summed E-state index contributed by atoms with van der Waals surface area (Å²) in [5.41, 5.74) is 5.23. The van der Waals surface area contributed by atoms with E-state index in [9.17, 15) is 4.79 Å². The minimum absolute atomic E-state index is 0.206. The topological polar surface area (TPSA) is 58.4 Å². The first-order valence-corrected chi connectivity index (χ1v) is 5.23. The average Bonchev–Trinajstić information content (AvgIpc) is 2.11. The van der Waals surface area contributed by atoms with Gasteiger partial charge in [-0.3, -0.25) is 4.79 Å². The van der Waals surface area contributed by atoms with Gasteiger partial charge >= 0.3 is 0 Å². The Labute approximate surface area is 86.8 Å². The van der Waals surface area contributed by atoms with E-state index in [1.165, 1.54) is 0 Å². The minimum Gasteiger partial charge on any atom is -0.368 e. The standard InChI is InChI=1S/C10H23N3O/c1-5-13(8(2)3)7-6-9(12-4)10(11)14/h8-9,12H,5-7H2,1-4H3,(H2,11,14). The Hall–Kier alpha value is -0.610. The molecule has 0 aromatic rings. The largest absolute Gasteiger partial charge is 0.368 e. The van der Waals surface area contributed by atoms with Crippen LogP contribution in [-0.4, -0.2) is 43.0 Å². The maximum atomic E-state index is 10.9. The van der Waals surface area contributed by atoms with Crippen LogP contribution >= 0.6 is 0 Å². The zero-order chi connectivity index (χ0) is 11.1. The Bertz CT molecular complexity index is 171. The van der Waals surface area contributed by atoms with E-state index >= 15 is 0 Å². The molecule has 1 unspecified atom stereocenters. The molecule has 0 bridgehead atoms. The Morgan fingerprint density at radius 2 is 2.07 bits per heavy atom. The van der Waals surface area contributed by atoms with Gasteiger partial charge < -0.3 is 16.0 Å². The lowest BCUT2D eigenvalue weighted by Gasteiger charge is -2.26. The van der Waals surface area contributed by atoms with Crippen molar-refractivity contribution in [1.29, 1.82) is 0 Å². The number of primary amides is 1. The third-order valence-corrected chi connectivity index (χ3v) is 2.53. The van der Waals surface area contributed by atoms with Crippen molar-refractivity contribution in [3.63, 3.8) is 0 Å². The van der Waals surface area contributed by atoms with Crippen LogP contribution in [0.25, 0.3) is 0 Å². The second-order valence-electron chi connectivity index (χ2n) is 3.75. The van der Waals surface area contributed by atoms with Gasteiger partial charge in [0.25, 0.3) is 0 Å². The molecule has 0 aliphatic rings. The monoisotopic (exact) mass is 201 g/mol. The van der Waals surface area contributed by atoms with E-state index in [-0.39, 0.29) is 11.9 Å². The molecule has 4 nitrogen and oxygen atoms in total. The zero-order valence-corrected chi connectivity index (χ0v) is 9.71. The number of nitrogens with one attached hydrogen (secondary N) is 1. The fourth-order valence-electron chi connectivity index (χ4n) is 1.51. The van der Waals surface area contributed by atoms with Crippen molar-refractivity contribution in [2.24, 2.45) is 5.73 Å². The number of hydrogen-bond donors (Lipinski definition) is 2. The molecule has 1 atom stereocenters. The van der Waals surface area contributed by atoms with Crippen LogP contribution in [0.4, 0.5) is 0 Å². The van der Waals surface area contributed by atoms with Crippen LogP contribution in [0, 0.1) is 0 Å². The molecule has 0 aromatic heterocycles. The maximum Gasteiger partial charge on any atom is 0.234 e. The molecule has 0 fully saturated rings. The molecule has 3 N–H and O–H groups in total. The van der Waals surface area contributed by atoms with Crippen LogP contribution in [0.3, 0.4) is 0 Å². The van der Waals surface area contributed by atoms with Gasteiger partial charge in [0.15, 0.2) is 0 Å². The molecule has 0 rings (SSSR count). The van der Waals surface area contributed by atoms with Crippen molar-refractivity contribution in [1.82, 2.24) is 10.2 Å². The molecule has 0 radical (unpaired) electrons. The number of nitrogens with zero attached hydrogens (tertiary/aromatic N) is 1. The number of likely N-dealkylation sites (N-methyl/N-ethyl adjacent to an activating group) is 1. The van der Waals surface area contributed by atoms with Crippen molar-refractivity contribution in [3.05, 3.63) is 0 Å². The summed E-state index contributed by atoms with van der Waals surface area (Å²) in [7, 11) is 1.76. The molecule has 1 amide bonds. The van der Waals surface area contributed by atoms with Crippen LogP contribution in [0.15, 0.2) is 0 Å². The number of nitrogens with two attached hydrogens (primary N) is 1. The summed E-state index contributed by atoms with van der Waals surface area (Å²) in [6.45, 7) is 8.35. The van der Waals surface area contributed by atoms with Crippen molar-refractivity contribution in [2.45, 2.75) is 39.3 Å². The van der Waals surface area contributed by atoms with Crippen LogP contribution in [0.5, 0.6) is 0 Å². The first-order valence-electron chi connectivity index (χ1n) is 5.23. The SMILES string of the molecule is CCN(CCC(NC)C(N)=O)C(C)C. The highest BCUT2D eigenvalue weighted by Crippen LogP contribution is 2.01. The number of rotatable bonds is 7. The zero-order valence-electron chi connectivity index (χ0n) is 9.71. The molecular weight excluding hydrogens is 178 g/mol. The summed E-state index contributed by atoms with van der Waals surface area (Å²) in [6.07, 6.45) is 0.776. The summed E-state index contributed by atoms with van der Waals surface area (Å²) < 4.78 is 0. The summed E-state index contributed by atoms with van der Waals surface area (Å²) in [5, 5.41) is 2.92. The number of hydrogen-bond acceptors (Lipinski definition) is 3. The molecule has 0 aliphatic carbocycles. The predicted octanol–water partition coefficient (Wildman–Crippen LogP) is 0.180. The van der Waals surface area contributed by atoms with Crippen LogP contribution in [-0.2, 0) is 4.79 Å². The smallest absolute Gasteiger partial charge is 0.234 e. The summed E-state index contributed by atoms with van der Waals surface area (Å²) in [4.78, 5) is 13.3. The summed E-state index contributed by atoms with van der Waals surface area (Å²) in [6, 6.07) is 0.313. The van der Waals surface area contributed by atoms with Gasteiger partial charge in [0.2, 0.25) is 5.91 Å². The second kappa shape index (κ2) is 6.79. The Morgan fingerprint density at radius 1 is 1.50 bits per heavy atom. The Morgan fingerprint density at radius 3 is 2.36 bits per heavy atom. The van der Waals surface area contributed by atoms with Crippen molar-refractivity contribution < 1.29 is 4.79 Å². The second-order valence-corrected chi connectivity index (χ2v) is 3.75. The molecule has 0 spiro atoms. The molecule has 4 heteroatoms. The fourth-order valence-corrected chi connectivity index (χ4v) is 1.51. The van der Waals surface area contributed by atoms with Gasteiger partial charge in [-0.1, -0.05) is 6.92 Å². The Kier molecular flexibility index (Phi) is 6.49.